The fraction of sp³-hybridized carbons (Fsp3) is 1.00. The van der Waals surface area contributed by atoms with Gasteiger partial charge in [0.15, 0.2) is 0 Å². The molecule has 0 rings (SSSR count). The molecule has 0 aromatic heterocycles. The summed E-state index contributed by atoms with van der Waals surface area (Å²) in [7, 11) is -1.80. The summed E-state index contributed by atoms with van der Waals surface area (Å²) in [6.45, 7) is 9.04. The van der Waals surface area contributed by atoms with Crippen molar-refractivity contribution in [3.05, 3.63) is 0 Å². The summed E-state index contributed by atoms with van der Waals surface area (Å²) >= 11 is 0. The Bertz CT molecular complexity index is 309. The van der Waals surface area contributed by atoms with Gasteiger partial charge in [-0.1, -0.05) is 6.92 Å². The van der Waals surface area contributed by atoms with Gasteiger partial charge in [0.1, 0.15) is 0 Å². The van der Waals surface area contributed by atoms with Crippen LogP contribution in [0.3, 0.4) is 0 Å². The lowest BCUT2D eigenvalue weighted by molar-refractivity contribution is 0.0797. The van der Waals surface area contributed by atoms with Gasteiger partial charge in [-0.25, -0.2) is 0 Å². The van der Waals surface area contributed by atoms with Crippen molar-refractivity contribution in [2.75, 3.05) is 39.8 Å². The zero-order valence-corrected chi connectivity index (χ0v) is 13.4. The normalized spacial score (nSPS) is 13.9. The van der Waals surface area contributed by atoms with Crippen molar-refractivity contribution in [1.82, 2.24) is 14.3 Å². The number of ether oxygens (including phenoxy) is 1. The minimum atomic E-state index is -3.39. The zero-order valence-electron chi connectivity index (χ0n) is 12.6. The molecule has 0 aromatic carbocycles. The fourth-order valence-corrected chi connectivity index (χ4v) is 2.56. The Labute approximate surface area is 118 Å². The summed E-state index contributed by atoms with van der Waals surface area (Å²) in [5, 5.41) is 3.25. The fourth-order valence-electron chi connectivity index (χ4n) is 1.52. The Hall–Kier alpha value is -0.210. The van der Waals surface area contributed by atoms with Crippen LogP contribution in [-0.4, -0.2) is 58.7 Å². The molecule has 0 aromatic rings. The van der Waals surface area contributed by atoms with Crippen LogP contribution in [0.25, 0.3) is 0 Å². The first kappa shape index (κ1) is 18.8. The van der Waals surface area contributed by atoms with Crippen LogP contribution in [0.15, 0.2) is 0 Å². The largest absolute Gasteiger partial charge is 0.377 e. The number of nitrogens with one attached hydrogen (secondary N) is 2. The monoisotopic (exact) mass is 295 g/mol. The SMILES string of the molecule is CCCNCCCN(C)S(=O)(=O)NCC(C)OCC. The summed E-state index contributed by atoms with van der Waals surface area (Å²) in [6, 6.07) is 0. The smallest absolute Gasteiger partial charge is 0.279 e. The van der Waals surface area contributed by atoms with Crippen LogP contribution in [0.4, 0.5) is 0 Å². The maximum Gasteiger partial charge on any atom is 0.279 e. The van der Waals surface area contributed by atoms with Crippen molar-refractivity contribution in [2.24, 2.45) is 0 Å². The molecule has 0 fully saturated rings. The van der Waals surface area contributed by atoms with E-state index >= 15 is 0 Å². The number of rotatable bonds is 12. The second-order valence-corrected chi connectivity index (χ2v) is 6.41. The van der Waals surface area contributed by atoms with E-state index in [0.717, 1.165) is 25.9 Å². The second kappa shape index (κ2) is 10.6. The van der Waals surface area contributed by atoms with Crippen LogP contribution in [0.5, 0.6) is 0 Å². The number of hydrogen-bond acceptors (Lipinski definition) is 4. The van der Waals surface area contributed by atoms with E-state index in [1.165, 1.54) is 4.31 Å². The Morgan fingerprint density at radius 3 is 2.53 bits per heavy atom. The standard InChI is InChI=1S/C12H29N3O3S/c1-5-8-13-9-7-10-15(4)19(16,17)14-11-12(3)18-6-2/h12-14H,5-11H2,1-4H3. The predicted molar refractivity (Wildman–Crippen MR) is 78.4 cm³/mol. The molecule has 0 spiro atoms. The number of nitrogens with zero attached hydrogens (tertiary/aromatic N) is 1. The third-order valence-electron chi connectivity index (χ3n) is 2.67. The molecule has 0 heterocycles. The van der Waals surface area contributed by atoms with Crippen molar-refractivity contribution in [2.45, 2.75) is 39.7 Å². The average Bonchev–Trinajstić information content (AvgIpc) is 2.36. The lowest BCUT2D eigenvalue weighted by Crippen LogP contribution is -2.42. The first-order valence-corrected chi connectivity index (χ1v) is 8.41. The van der Waals surface area contributed by atoms with Crippen LogP contribution in [0, 0.1) is 0 Å². The molecule has 1 unspecified atom stereocenters. The van der Waals surface area contributed by atoms with Crippen LogP contribution in [0.1, 0.15) is 33.6 Å². The Balaban J connectivity index is 3.90. The van der Waals surface area contributed by atoms with E-state index in [9.17, 15) is 8.42 Å². The molecule has 0 saturated carbocycles. The van der Waals surface area contributed by atoms with Gasteiger partial charge in [0.2, 0.25) is 0 Å². The molecule has 0 bridgehead atoms. The van der Waals surface area contributed by atoms with Gasteiger partial charge in [-0.2, -0.15) is 17.4 Å². The van der Waals surface area contributed by atoms with Gasteiger partial charge in [-0.15, -0.1) is 0 Å². The van der Waals surface area contributed by atoms with E-state index < -0.39 is 10.2 Å². The molecule has 19 heavy (non-hydrogen) atoms. The van der Waals surface area contributed by atoms with Crippen molar-refractivity contribution in [1.29, 1.82) is 0 Å². The molecular weight excluding hydrogens is 266 g/mol. The molecule has 0 aliphatic heterocycles. The first-order valence-electron chi connectivity index (χ1n) is 6.97. The highest BCUT2D eigenvalue weighted by Crippen LogP contribution is 1.97. The minimum absolute atomic E-state index is 0.112. The van der Waals surface area contributed by atoms with Gasteiger partial charge in [0.25, 0.3) is 10.2 Å². The van der Waals surface area contributed by atoms with Crippen LogP contribution in [0.2, 0.25) is 0 Å². The summed E-state index contributed by atoms with van der Waals surface area (Å²) in [4.78, 5) is 0. The Morgan fingerprint density at radius 1 is 1.26 bits per heavy atom. The van der Waals surface area contributed by atoms with E-state index in [1.807, 2.05) is 13.8 Å². The van der Waals surface area contributed by atoms with Crippen molar-refractivity contribution in [3.8, 4) is 0 Å². The van der Waals surface area contributed by atoms with Gasteiger partial charge in [0, 0.05) is 26.7 Å². The third-order valence-corrected chi connectivity index (χ3v) is 4.20. The van der Waals surface area contributed by atoms with E-state index in [1.54, 1.807) is 7.05 Å². The highest BCUT2D eigenvalue weighted by Gasteiger charge is 2.17. The number of hydrogen-bond donors (Lipinski definition) is 2. The third kappa shape index (κ3) is 9.34. The average molecular weight is 295 g/mol. The molecule has 2 N–H and O–H groups in total. The first-order chi connectivity index (χ1) is 8.94. The summed E-state index contributed by atoms with van der Waals surface area (Å²) in [5.41, 5.74) is 0. The highest BCUT2D eigenvalue weighted by molar-refractivity contribution is 7.87. The lowest BCUT2D eigenvalue weighted by atomic mass is 10.4. The predicted octanol–water partition coefficient (Wildman–Crippen LogP) is 0.567. The highest BCUT2D eigenvalue weighted by atomic mass is 32.2. The molecule has 0 amide bonds. The van der Waals surface area contributed by atoms with Gasteiger partial charge in [0.05, 0.1) is 6.10 Å². The Morgan fingerprint density at radius 2 is 1.95 bits per heavy atom. The van der Waals surface area contributed by atoms with Crippen molar-refractivity contribution < 1.29 is 13.2 Å². The lowest BCUT2D eigenvalue weighted by Gasteiger charge is -2.19. The van der Waals surface area contributed by atoms with Crippen LogP contribution in [-0.2, 0) is 14.9 Å². The van der Waals surface area contributed by atoms with Gasteiger partial charge < -0.3 is 10.1 Å². The summed E-state index contributed by atoms with van der Waals surface area (Å²) in [6.07, 6.45) is 1.78. The van der Waals surface area contributed by atoms with E-state index in [4.69, 9.17) is 4.74 Å². The van der Waals surface area contributed by atoms with E-state index in [2.05, 4.69) is 17.0 Å². The zero-order chi connectivity index (χ0) is 14.7. The van der Waals surface area contributed by atoms with Crippen molar-refractivity contribution in [3.63, 3.8) is 0 Å². The maximum absolute atomic E-state index is 11.9. The minimum Gasteiger partial charge on any atom is -0.377 e. The molecular formula is C12H29N3O3S. The molecule has 0 radical (unpaired) electrons. The molecule has 7 heteroatoms. The summed E-state index contributed by atoms with van der Waals surface area (Å²) < 4.78 is 33.0. The molecule has 0 aliphatic carbocycles. The molecule has 0 aliphatic rings. The molecule has 116 valence electrons. The molecule has 6 nitrogen and oxygen atoms in total. The second-order valence-electron chi connectivity index (χ2n) is 4.54. The van der Waals surface area contributed by atoms with Crippen LogP contribution < -0.4 is 10.0 Å². The van der Waals surface area contributed by atoms with Crippen molar-refractivity contribution >= 4 is 10.2 Å². The van der Waals surface area contributed by atoms with Gasteiger partial charge in [-0.05, 0) is 39.8 Å². The van der Waals surface area contributed by atoms with Gasteiger partial charge in [-0.3, -0.25) is 0 Å². The maximum atomic E-state index is 11.9. The van der Waals surface area contributed by atoms with Crippen LogP contribution >= 0.6 is 0 Å². The van der Waals surface area contributed by atoms with E-state index in [0.29, 0.717) is 19.7 Å². The Kier molecular flexibility index (Phi) is 10.4. The quantitative estimate of drug-likeness (QED) is 0.516. The van der Waals surface area contributed by atoms with Gasteiger partial charge >= 0.3 is 0 Å². The summed E-state index contributed by atoms with van der Waals surface area (Å²) in [5.74, 6) is 0. The molecule has 0 saturated heterocycles. The topological polar surface area (TPSA) is 70.7 Å². The van der Waals surface area contributed by atoms with E-state index in [-0.39, 0.29) is 6.10 Å². The molecule has 1 atom stereocenters.